The maximum Gasteiger partial charge on any atom is 0.256 e. The van der Waals surface area contributed by atoms with Crippen LogP contribution in [0.3, 0.4) is 0 Å². The summed E-state index contributed by atoms with van der Waals surface area (Å²) >= 11 is 0. The molecule has 1 N–H and O–H groups in total. The number of hydrogen-bond acceptors (Lipinski definition) is 6. The van der Waals surface area contributed by atoms with Crippen LogP contribution in [-0.4, -0.2) is 82.4 Å². The molecule has 1 amide bonds. The molecule has 5 rings (SSSR count). The molecule has 3 heterocycles. The van der Waals surface area contributed by atoms with Gasteiger partial charge in [0.1, 0.15) is 5.82 Å². The van der Waals surface area contributed by atoms with Crippen LogP contribution >= 0.6 is 0 Å². The molecule has 10 heteroatoms. The van der Waals surface area contributed by atoms with E-state index in [9.17, 15) is 13.2 Å². The first-order chi connectivity index (χ1) is 17.4. The van der Waals surface area contributed by atoms with Crippen molar-refractivity contribution in [1.82, 2.24) is 29.1 Å². The van der Waals surface area contributed by atoms with Gasteiger partial charge in [0, 0.05) is 44.5 Å². The molecule has 36 heavy (non-hydrogen) atoms. The second-order valence-electron chi connectivity index (χ2n) is 9.69. The second kappa shape index (κ2) is 10.3. The highest BCUT2D eigenvalue weighted by atomic mass is 32.2. The summed E-state index contributed by atoms with van der Waals surface area (Å²) in [6, 6.07) is 4.42. The van der Waals surface area contributed by atoms with Crippen LogP contribution < -0.4 is 0 Å². The Morgan fingerprint density at radius 1 is 1.25 bits per heavy atom. The van der Waals surface area contributed by atoms with E-state index in [4.69, 9.17) is 4.98 Å². The number of carbonyl (C=O) groups excluding carboxylic acids is 1. The molecular weight excluding hydrogens is 476 g/mol. The molecule has 0 bridgehead atoms. The van der Waals surface area contributed by atoms with Crippen LogP contribution in [0.1, 0.15) is 54.3 Å². The highest BCUT2D eigenvalue weighted by Crippen LogP contribution is 2.33. The quantitative estimate of drug-likeness (QED) is 0.640. The number of hydrogen-bond donors (Lipinski definition) is 1. The molecule has 1 unspecified atom stereocenters. The van der Waals surface area contributed by atoms with E-state index in [2.05, 4.69) is 28.0 Å². The topological polar surface area (TPSA) is 102 Å². The lowest BCUT2D eigenvalue weighted by Crippen LogP contribution is -2.51. The van der Waals surface area contributed by atoms with Gasteiger partial charge in [0.25, 0.3) is 5.91 Å². The molecule has 0 radical (unpaired) electrons. The first-order valence-corrected chi connectivity index (χ1v) is 14.3. The SMILES string of the molecule is CCS(=O)(=O)N1CCN(C(=O)C2=CC=CCc3[nH]c(CN(C)C4CCCc5cccnc54)nc32)CC1. The predicted octanol–water partition coefficient (Wildman–Crippen LogP) is 2.30. The minimum absolute atomic E-state index is 0.0766. The average molecular weight is 511 g/mol. The Labute approximate surface area is 213 Å². The van der Waals surface area contributed by atoms with E-state index >= 15 is 0 Å². The number of allylic oxidation sites excluding steroid dienone is 3. The van der Waals surface area contributed by atoms with Crippen LogP contribution in [0.5, 0.6) is 0 Å². The Morgan fingerprint density at radius 2 is 2.06 bits per heavy atom. The Hall–Kier alpha value is -2.82. The van der Waals surface area contributed by atoms with Crippen LogP contribution in [-0.2, 0) is 34.2 Å². The van der Waals surface area contributed by atoms with E-state index in [0.717, 1.165) is 36.5 Å². The van der Waals surface area contributed by atoms with Crippen LogP contribution in [0.15, 0.2) is 36.6 Å². The Morgan fingerprint density at radius 3 is 2.83 bits per heavy atom. The monoisotopic (exact) mass is 510 g/mol. The summed E-state index contributed by atoms with van der Waals surface area (Å²) < 4.78 is 25.9. The summed E-state index contributed by atoms with van der Waals surface area (Å²) in [6.45, 7) is 3.68. The zero-order chi connectivity index (χ0) is 25.3. The number of rotatable bonds is 6. The van der Waals surface area contributed by atoms with Gasteiger partial charge in [-0.2, -0.15) is 4.31 Å². The highest BCUT2D eigenvalue weighted by Gasteiger charge is 2.31. The summed E-state index contributed by atoms with van der Waals surface area (Å²) in [4.78, 5) is 30.5. The number of sulfonamides is 1. The van der Waals surface area contributed by atoms with Gasteiger partial charge in [-0.25, -0.2) is 13.4 Å². The predicted molar refractivity (Wildman–Crippen MR) is 138 cm³/mol. The molecule has 3 aliphatic rings. The number of nitrogens with one attached hydrogen (secondary N) is 1. The first-order valence-electron chi connectivity index (χ1n) is 12.7. The fourth-order valence-corrected chi connectivity index (χ4v) is 6.48. The molecule has 1 atom stereocenters. The summed E-state index contributed by atoms with van der Waals surface area (Å²) in [5, 5.41) is 0. The van der Waals surface area contributed by atoms with Gasteiger partial charge in [-0.05, 0) is 50.9 Å². The number of imidazole rings is 1. The Balaban J connectivity index is 1.31. The largest absolute Gasteiger partial charge is 0.344 e. The molecule has 1 aliphatic heterocycles. The van der Waals surface area contributed by atoms with Gasteiger partial charge in [0.05, 0.1) is 35.3 Å². The Kier molecular flexibility index (Phi) is 7.09. The number of pyridine rings is 1. The third kappa shape index (κ3) is 4.89. The number of amides is 1. The number of piperazine rings is 1. The van der Waals surface area contributed by atoms with Crippen molar-refractivity contribution in [2.45, 2.75) is 45.2 Å². The number of aromatic amines is 1. The molecule has 2 aromatic rings. The number of H-pyrrole nitrogens is 1. The van der Waals surface area contributed by atoms with Gasteiger partial charge >= 0.3 is 0 Å². The van der Waals surface area contributed by atoms with Crippen LogP contribution in [0, 0.1) is 0 Å². The highest BCUT2D eigenvalue weighted by molar-refractivity contribution is 7.89. The minimum atomic E-state index is -3.24. The molecule has 0 spiro atoms. The van der Waals surface area contributed by atoms with E-state index in [1.165, 1.54) is 9.87 Å². The molecule has 1 saturated heterocycles. The number of fused-ring (bicyclic) bond motifs is 2. The smallest absolute Gasteiger partial charge is 0.256 e. The van der Waals surface area contributed by atoms with Crippen molar-refractivity contribution in [2.24, 2.45) is 0 Å². The van der Waals surface area contributed by atoms with Crippen molar-refractivity contribution < 1.29 is 13.2 Å². The van der Waals surface area contributed by atoms with E-state index in [-0.39, 0.29) is 17.7 Å². The number of carbonyl (C=O) groups is 1. The van der Waals surface area contributed by atoms with Crippen molar-refractivity contribution in [3.8, 4) is 0 Å². The molecule has 9 nitrogen and oxygen atoms in total. The second-order valence-corrected chi connectivity index (χ2v) is 11.9. The lowest BCUT2D eigenvalue weighted by Gasteiger charge is -2.34. The van der Waals surface area contributed by atoms with E-state index < -0.39 is 10.0 Å². The lowest BCUT2D eigenvalue weighted by atomic mass is 9.91. The van der Waals surface area contributed by atoms with E-state index in [1.54, 1.807) is 11.8 Å². The van der Waals surface area contributed by atoms with Gasteiger partial charge in [-0.1, -0.05) is 18.2 Å². The third-order valence-corrected chi connectivity index (χ3v) is 9.30. The number of aryl methyl sites for hydroxylation is 1. The third-order valence-electron chi connectivity index (χ3n) is 7.41. The van der Waals surface area contributed by atoms with Gasteiger partial charge in [-0.3, -0.25) is 14.7 Å². The molecule has 2 aromatic heterocycles. The van der Waals surface area contributed by atoms with Crippen LogP contribution in [0.25, 0.3) is 5.57 Å². The molecule has 0 aromatic carbocycles. The van der Waals surface area contributed by atoms with E-state index in [0.29, 0.717) is 50.4 Å². The van der Waals surface area contributed by atoms with E-state index in [1.807, 2.05) is 30.5 Å². The zero-order valence-electron chi connectivity index (χ0n) is 21.0. The minimum Gasteiger partial charge on any atom is -0.344 e. The maximum absolute atomic E-state index is 13.5. The van der Waals surface area contributed by atoms with Gasteiger partial charge in [0.15, 0.2) is 0 Å². The normalized spacial score (nSPS) is 20.6. The van der Waals surface area contributed by atoms with Crippen molar-refractivity contribution in [2.75, 3.05) is 39.0 Å². The summed E-state index contributed by atoms with van der Waals surface area (Å²) in [5.74, 6) is 0.805. The summed E-state index contributed by atoms with van der Waals surface area (Å²) in [5.41, 5.74) is 4.66. The maximum atomic E-state index is 13.5. The van der Waals surface area contributed by atoms with Crippen molar-refractivity contribution in [3.05, 3.63) is 65.0 Å². The molecule has 192 valence electrons. The first kappa shape index (κ1) is 24.9. The fraction of sp³-hybridized carbons (Fsp3) is 0.500. The van der Waals surface area contributed by atoms with Crippen molar-refractivity contribution in [1.29, 1.82) is 0 Å². The van der Waals surface area contributed by atoms with Gasteiger partial charge in [-0.15, -0.1) is 0 Å². The van der Waals surface area contributed by atoms with Crippen LogP contribution in [0.2, 0.25) is 0 Å². The standard InChI is InChI=1S/C26H34N6O3S/c1-3-36(34,35)32-16-14-31(15-17-32)26(33)20-10-4-5-11-21-25(20)29-23(28-21)18-30(2)22-12-6-8-19-9-7-13-27-24(19)22/h4-5,7,9-10,13,22H,3,6,8,11-12,14-18H2,1-2H3,(H,28,29). The van der Waals surface area contributed by atoms with Crippen LogP contribution in [0.4, 0.5) is 0 Å². The van der Waals surface area contributed by atoms with Gasteiger partial charge in [0.2, 0.25) is 10.0 Å². The Bertz CT molecular complexity index is 1290. The van der Waals surface area contributed by atoms with Gasteiger partial charge < -0.3 is 9.88 Å². The molecular formula is C26H34N6O3S. The number of aromatic nitrogens is 3. The molecule has 0 saturated carbocycles. The average Bonchev–Trinajstić information content (AvgIpc) is 3.19. The fourth-order valence-electron chi connectivity index (χ4n) is 5.39. The van der Waals surface area contributed by atoms with Crippen molar-refractivity contribution in [3.63, 3.8) is 0 Å². The number of nitrogens with zero attached hydrogens (tertiary/aromatic N) is 5. The lowest BCUT2D eigenvalue weighted by molar-refractivity contribution is -0.126. The summed E-state index contributed by atoms with van der Waals surface area (Å²) in [6.07, 6.45) is 11.6. The molecule has 2 aliphatic carbocycles. The van der Waals surface area contributed by atoms with Crippen molar-refractivity contribution >= 4 is 21.5 Å². The summed E-state index contributed by atoms with van der Waals surface area (Å²) in [7, 11) is -1.14. The zero-order valence-corrected chi connectivity index (χ0v) is 21.8. The molecule has 1 fully saturated rings.